The molecule has 1 aliphatic rings. The summed E-state index contributed by atoms with van der Waals surface area (Å²) < 4.78 is 11.8. The lowest BCUT2D eigenvalue weighted by Crippen LogP contribution is -2.37. The highest BCUT2D eigenvalue weighted by molar-refractivity contribution is 6.64. The van der Waals surface area contributed by atoms with Crippen molar-refractivity contribution in [1.82, 2.24) is 4.98 Å². The van der Waals surface area contributed by atoms with Crippen LogP contribution in [0.2, 0.25) is 0 Å². The van der Waals surface area contributed by atoms with Crippen LogP contribution < -0.4 is 5.46 Å². The molecule has 4 nitrogen and oxygen atoms in total. The summed E-state index contributed by atoms with van der Waals surface area (Å²) in [6, 6.07) is 22.5. The first kappa shape index (κ1) is 14.7. The topological polar surface area (TPSA) is 48.4 Å². The molecule has 5 heteroatoms. The molecule has 0 amide bonds. The van der Waals surface area contributed by atoms with Gasteiger partial charge in [-0.15, -0.1) is 0 Å². The Labute approximate surface area is 140 Å². The fourth-order valence-electron chi connectivity index (χ4n) is 2.95. The molecule has 2 heterocycles. The molecule has 0 radical (unpaired) electrons. The maximum atomic E-state index is 12.9. The number of carbonyl (C=O) groups excluding carboxylic acids is 1. The Morgan fingerprint density at radius 1 is 0.833 bits per heavy atom. The molecule has 0 N–H and O–H groups in total. The lowest BCUT2D eigenvalue weighted by Gasteiger charge is -2.26. The number of carbonyl (C=O) groups is 1. The van der Waals surface area contributed by atoms with Crippen LogP contribution in [0.15, 0.2) is 85.2 Å². The van der Waals surface area contributed by atoms with Gasteiger partial charge < -0.3 is 9.31 Å². The van der Waals surface area contributed by atoms with E-state index in [1.54, 1.807) is 18.5 Å². The minimum atomic E-state index is -1.27. The van der Waals surface area contributed by atoms with Gasteiger partial charge in [-0.1, -0.05) is 66.7 Å². The third-order valence-electron chi connectivity index (χ3n) is 4.10. The Kier molecular flexibility index (Phi) is 3.63. The molecule has 2 aromatic carbocycles. The maximum absolute atomic E-state index is 12.9. The molecule has 0 saturated carbocycles. The minimum Gasteiger partial charge on any atom is -0.503 e. The van der Waals surface area contributed by atoms with Crippen LogP contribution in [0.3, 0.4) is 0 Å². The summed E-state index contributed by atoms with van der Waals surface area (Å²) in [4.78, 5) is 17.0. The molecule has 3 aromatic rings. The first-order chi connectivity index (χ1) is 11.8. The van der Waals surface area contributed by atoms with Gasteiger partial charge in [0.15, 0.2) is 0 Å². The molecule has 1 fully saturated rings. The van der Waals surface area contributed by atoms with E-state index in [0.29, 0.717) is 5.46 Å². The SMILES string of the molecule is O=C1OB(c2cccnc2)OC1(c1ccccc1)c1ccccc1. The summed E-state index contributed by atoms with van der Waals surface area (Å²) in [5.41, 5.74) is 0.919. The van der Waals surface area contributed by atoms with E-state index in [4.69, 9.17) is 9.31 Å². The maximum Gasteiger partial charge on any atom is 0.567 e. The highest BCUT2D eigenvalue weighted by Gasteiger charge is 2.55. The van der Waals surface area contributed by atoms with Crippen LogP contribution in [-0.4, -0.2) is 18.1 Å². The average molecular weight is 315 g/mol. The molecule has 0 spiro atoms. The highest BCUT2D eigenvalue weighted by Crippen LogP contribution is 2.39. The van der Waals surface area contributed by atoms with Gasteiger partial charge in [-0.25, -0.2) is 4.79 Å². The molecule has 24 heavy (non-hydrogen) atoms. The van der Waals surface area contributed by atoms with Crippen LogP contribution in [0.5, 0.6) is 0 Å². The van der Waals surface area contributed by atoms with Crippen LogP contribution in [-0.2, 0) is 19.7 Å². The van der Waals surface area contributed by atoms with Gasteiger partial charge in [0.1, 0.15) is 0 Å². The standard InChI is InChI=1S/C19H14BNO3/c22-18-19(15-8-3-1-4-9-15,16-10-5-2-6-11-16)24-20(23-18)17-12-7-13-21-14-17/h1-14H. The van der Waals surface area contributed by atoms with E-state index in [0.717, 1.165) is 11.1 Å². The van der Waals surface area contributed by atoms with E-state index in [-0.39, 0.29) is 0 Å². The van der Waals surface area contributed by atoms with Crippen LogP contribution in [0.1, 0.15) is 11.1 Å². The number of hydrogen-bond donors (Lipinski definition) is 0. The van der Waals surface area contributed by atoms with Gasteiger partial charge in [-0.2, -0.15) is 0 Å². The zero-order valence-electron chi connectivity index (χ0n) is 12.8. The smallest absolute Gasteiger partial charge is 0.503 e. The van der Waals surface area contributed by atoms with Crippen LogP contribution in [0, 0.1) is 0 Å². The van der Waals surface area contributed by atoms with Crippen molar-refractivity contribution in [3.05, 3.63) is 96.3 Å². The lowest BCUT2D eigenvalue weighted by molar-refractivity contribution is -0.141. The second-order valence-corrected chi connectivity index (χ2v) is 5.55. The van der Waals surface area contributed by atoms with Crippen molar-refractivity contribution in [3.8, 4) is 0 Å². The van der Waals surface area contributed by atoms with Crippen molar-refractivity contribution in [2.75, 3.05) is 0 Å². The predicted molar refractivity (Wildman–Crippen MR) is 90.5 cm³/mol. The van der Waals surface area contributed by atoms with E-state index in [9.17, 15) is 4.79 Å². The third kappa shape index (κ3) is 2.30. The fourth-order valence-corrected chi connectivity index (χ4v) is 2.95. The lowest BCUT2D eigenvalue weighted by atomic mass is 9.79. The number of pyridine rings is 1. The van der Waals surface area contributed by atoms with E-state index in [1.807, 2.05) is 66.7 Å². The quantitative estimate of drug-likeness (QED) is 0.696. The summed E-state index contributed by atoms with van der Waals surface area (Å²) in [6.07, 6.45) is 3.31. The average Bonchev–Trinajstić information content (AvgIpc) is 3.02. The van der Waals surface area contributed by atoms with Gasteiger partial charge >= 0.3 is 13.1 Å². The van der Waals surface area contributed by atoms with Crippen LogP contribution in [0.25, 0.3) is 0 Å². The molecule has 1 aliphatic heterocycles. The van der Waals surface area contributed by atoms with Gasteiger partial charge in [0.25, 0.3) is 0 Å². The number of hydrogen-bond acceptors (Lipinski definition) is 4. The summed E-state index contributed by atoms with van der Waals surface area (Å²) in [5, 5.41) is 0. The molecule has 0 atom stereocenters. The number of benzene rings is 2. The largest absolute Gasteiger partial charge is 0.567 e. The summed E-state index contributed by atoms with van der Waals surface area (Å²) in [6.45, 7) is 0. The second kappa shape index (κ2) is 5.94. The first-order valence-electron chi connectivity index (χ1n) is 7.70. The normalized spacial score (nSPS) is 16.0. The Bertz CT molecular complexity index is 801. The second-order valence-electron chi connectivity index (χ2n) is 5.55. The van der Waals surface area contributed by atoms with Crippen molar-refractivity contribution < 1.29 is 14.1 Å². The van der Waals surface area contributed by atoms with Crippen molar-refractivity contribution in [3.63, 3.8) is 0 Å². The van der Waals surface area contributed by atoms with Gasteiger partial charge in [-0.3, -0.25) is 4.98 Å². The Balaban J connectivity index is 1.84. The van der Waals surface area contributed by atoms with Gasteiger partial charge in [0, 0.05) is 17.9 Å². The van der Waals surface area contributed by atoms with E-state index >= 15 is 0 Å². The number of rotatable bonds is 3. The molecule has 1 aromatic heterocycles. The Morgan fingerprint density at radius 2 is 1.46 bits per heavy atom. The molecule has 0 unspecified atom stereocenters. The molecule has 1 saturated heterocycles. The number of nitrogens with zero attached hydrogens (tertiary/aromatic N) is 1. The van der Waals surface area contributed by atoms with E-state index in [2.05, 4.69) is 4.98 Å². The van der Waals surface area contributed by atoms with Crippen molar-refractivity contribution in [2.45, 2.75) is 5.60 Å². The first-order valence-corrected chi connectivity index (χ1v) is 7.70. The monoisotopic (exact) mass is 315 g/mol. The summed E-state index contributed by atoms with van der Waals surface area (Å²) in [5.74, 6) is -0.422. The number of aromatic nitrogens is 1. The molecular weight excluding hydrogens is 301 g/mol. The summed E-state index contributed by atoms with van der Waals surface area (Å²) >= 11 is 0. The fraction of sp³-hybridized carbons (Fsp3) is 0.0526. The van der Waals surface area contributed by atoms with Gasteiger partial charge in [0.05, 0.1) is 0 Å². The minimum absolute atomic E-state index is 0.422. The van der Waals surface area contributed by atoms with Crippen LogP contribution >= 0.6 is 0 Å². The molecular formula is C19H14BNO3. The molecule has 4 rings (SSSR count). The molecule has 116 valence electrons. The Hall–Kier alpha value is -2.92. The summed E-state index contributed by atoms with van der Waals surface area (Å²) in [7, 11) is -0.786. The van der Waals surface area contributed by atoms with E-state index in [1.165, 1.54) is 0 Å². The van der Waals surface area contributed by atoms with Crippen LogP contribution in [0.4, 0.5) is 0 Å². The molecule has 0 aliphatic carbocycles. The zero-order valence-corrected chi connectivity index (χ0v) is 12.8. The van der Waals surface area contributed by atoms with Crippen molar-refractivity contribution in [2.24, 2.45) is 0 Å². The molecule has 0 bridgehead atoms. The van der Waals surface area contributed by atoms with Gasteiger partial charge in [0.2, 0.25) is 5.60 Å². The van der Waals surface area contributed by atoms with Crippen molar-refractivity contribution >= 4 is 18.6 Å². The van der Waals surface area contributed by atoms with E-state index < -0.39 is 18.7 Å². The van der Waals surface area contributed by atoms with Gasteiger partial charge in [-0.05, 0) is 17.2 Å². The third-order valence-corrected chi connectivity index (χ3v) is 4.10. The Morgan fingerprint density at radius 3 is 2.00 bits per heavy atom. The highest BCUT2D eigenvalue weighted by atomic mass is 16.7. The van der Waals surface area contributed by atoms with Crippen molar-refractivity contribution in [1.29, 1.82) is 0 Å². The zero-order chi connectivity index (χ0) is 16.4. The predicted octanol–water partition coefficient (Wildman–Crippen LogP) is 2.29.